The number of ketones is 1. The lowest BCUT2D eigenvalue weighted by Gasteiger charge is -2.33. The van der Waals surface area contributed by atoms with Crippen LogP contribution in [0.5, 0.6) is 0 Å². The number of carbonyl (C=O) groups is 1. The smallest absolute Gasteiger partial charge is 0.214 e. The van der Waals surface area contributed by atoms with Crippen molar-refractivity contribution in [2.24, 2.45) is 10.2 Å². The lowest BCUT2D eigenvalue weighted by Crippen LogP contribution is -2.28. The molecule has 6 heteroatoms. The molecule has 5 rings (SSSR count). The van der Waals surface area contributed by atoms with Gasteiger partial charge < -0.3 is 4.74 Å². The predicted molar refractivity (Wildman–Crippen MR) is 157 cm³/mol. The van der Waals surface area contributed by atoms with Crippen LogP contribution in [0.4, 0.5) is 5.69 Å². The summed E-state index contributed by atoms with van der Waals surface area (Å²) in [6, 6.07) is 37.4. The molecule has 0 radical (unpaired) electrons. The van der Waals surface area contributed by atoms with E-state index in [1.807, 2.05) is 97.3 Å². The van der Waals surface area contributed by atoms with Crippen LogP contribution in [0.1, 0.15) is 23.2 Å². The Morgan fingerprint density at radius 3 is 1.86 bits per heavy atom. The van der Waals surface area contributed by atoms with Crippen LogP contribution in [0.15, 0.2) is 142 Å². The maximum Gasteiger partial charge on any atom is 0.214 e. The van der Waals surface area contributed by atoms with E-state index in [1.165, 1.54) is 0 Å². The second-order valence-corrected chi connectivity index (χ2v) is 12.9. The first-order chi connectivity index (χ1) is 18.2. The number of rotatable bonds is 7. The van der Waals surface area contributed by atoms with Gasteiger partial charge in [-0.1, -0.05) is 107 Å². The molecule has 0 amide bonds. The number of azo groups is 1. The molecule has 1 heterocycles. The summed E-state index contributed by atoms with van der Waals surface area (Å²) in [5, 5.41) is 12.6. The molecule has 0 N–H and O–H groups in total. The van der Waals surface area contributed by atoms with Gasteiger partial charge in [0.25, 0.3) is 0 Å². The lowest BCUT2D eigenvalue weighted by molar-refractivity contribution is 0.106. The Morgan fingerprint density at radius 1 is 0.757 bits per heavy atom. The van der Waals surface area contributed by atoms with Crippen molar-refractivity contribution in [3.05, 3.63) is 137 Å². The van der Waals surface area contributed by atoms with Gasteiger partial charge in [-0.2, -0.15) is 5.11 Å². The summed E-state index contributed by atoms with van der Waals surface area (Å²) in [7, 11) is 0. The van der Waals surface area contributed by atoms with Crippen molar-refractivity contribution in [1.29, 1.82) is 0 Å². The zero-order chi connectivity index (χ0) is 25.5. The molecule has 0 aliphatic carbocycles. The number of hydrogen-bond acceptors (Lipinski definition) is 3. The monoisotopic (exact) mass is 568 g/mol. The van der Waals surface area contributed by atoms with E-state index in [4.69, 9.17) is 9.85 Å². The normalized spacial score (nSPS) is 13.6. The van der Waals surface area contributed by atoms with E-state index in [0.717, 1.165) is 33.2 Å². The van der Waals surface area contributed by atoms with Crippen molar-refractivity contribution in [1.82, 2.24) is 0 Å². The molecule has 0 aromatic heterocycles. The van der Waals surface area contributed by atoms with Crippen molar-refractivity contribution >= 4 is 50.3 Å². The first kappa shape index (κ1) is 25.1. The fraction of sp³-hybridized carbons (Fsp3) is 0.0968. The molecule has 0 unspecified atom stereocenters. The van der Waals surface area contributed by atoms with E-state index < -0.39 is 6.89 Å². The molecular formula is C31H26BrN2O2P. The highest BCUT2D eigenvalue weighted by Gasteiger charge is 2.36. The summed E-state index contributed by atoms with van der Waals surface area (Å²) in [5.41, 5.74) is 1.70. The number of ether oxygens (including phenoxy) is 1. The molecule has 0 spiro atoms. The van der Waals surface area contributed by atoms with Gasteiger partial charge >= 0.3 is 0 Å². The number of nitrogens with zero attached hydrogens (tertiary/aromatic N) is 2. The van der Waals surface area contributed by atoms with Gasteiger partial charge in [0.05, 0.1) is 18.6 Å². The molecule has 4 aromatic carbocycles. The summed E-state index contributed by atoms with van der Waals surface area (Å²) >= 11 is 3.48. The average molecular weight is 569 g/mol. The molecule has 0 saturated heterocycles. The van der Waals surface area contributed by atoms with Crippen LogP contribution >= 0.6 is 22.8 Å². The number of halogens is 1. The highest BCUT2D eigenvalue weighted by atomic mass is 79.9. The number of Topliss-reactive ketones (excluding diaryl/α,β-unsaturated/α-hetero) is 1. The van der Waals surface area contributed by atoms with Crippen molar-refractivity contribution < 1.29 is 9.53 Å². The second-order valence-electron chi connectivity index (χ2n) is 8.62. The zero-order valence-electron chi connectivity index (χ0n) is 20.2. The van der Waals surface area contributed by atoms with E-state index in [0.29, 0.717) is 23.3 Å². The quantitative estimate of drug-likeness (QED) is 0.129. The Kier molecular flexibility index (Phi) is 7.93. The van der Waals surface area contributed by atoms with Crippen LogP contribution in [0, 0.1) is 0 Å². The fourth-order valence-corrected chi connectivity index (χ4v) is 9.12. The van der Waals surface area contributed by atoms with Crippen molar-refractivity contribution in [3.8, 4) is 0 Å². The lowest BCUT2D eigenvalue weighted by atomic mass is 10.1. The summed E-state index contributed by atoms with van der Waals surface area (Å²) < 4.78 is 6.86. The molecule has 4 nitrogen and oxygen atoms in total. The van der Waals surface area contributed by atoms with Gasteiger partial charge in [0.2, 0.25) is 5.78 Å². The first-order valence-electron chi connectivity index (χ1n) is 12.2. The number of carbonyl (C=O) groups excluding carboxylic acids is 1. The van der Waals surface area contributed by atoms with Crippen LogP contribution in [-0.2, 0) is 4.74 Å². The molecule has 1 aliphatic rings. The Bertz CT molecular complexity index is 1440. The van der Waals surface area contributed by atoms with Gasteiger partial charge in [-0.15, -0.1) is 5.11 Å². The molecule has 0 bridgehead atoms. The van der Waals surface area contributed by atoms with Gasteiger partial charge in [0.15, 0.2) is 0 Å². The van der Waals surface area contributed by atoms with E-state index >= 15 is 0 Å². The van der Waals surface area contributed by atoms with Gasteiger partial charge in [-0.25, -0.2) is 0 Å². The standard InChI is InChI=1S/C31H26BrN2O2P/c32-25-18-20-26(21-19-25)33-34-31(30(35)24-11-4-1-5-12-24)37(27-13-6-2-7-14-27,28-15-8-3-9-16-28)29-17-10-22-36-23-29/h1-9,11-16,18-21,23H,10,17,22H2. The van der Waals surface area contributed by atoms with Gasteiger partial charge in [-0.05, 0) is 53.0 Å². The van der Waals surface area contributed by atoms with Crippen LogP contribution in [0.3, 0.4) is 0 Å². The maximum absolute atomic E-state index is 14.4. The fourth-order valence-electron chi connectivity index (χ4n) is 4.56. The third kappa shape index (κ3) is 5.29. The molecule has 4 aromatic rings. The van der Waals surface area contributed by atoms with E-state index in [2.05, 4.69) is 45.3 Å². The summed E-state index contributed by atoms with van der Waals surface area (Å²) in [6.07, 6.45) is 3.56. The van der Waals surface area contributed by atoms with Crippen molar-refractivity contribution in [2.75, 3.05) is 6.61 Å². The summed E-state index contributed by atoms with van der Waals surface area (Å²) in [6.45, 7) is -2.06. The average Bonchev–Trinajstić information content (AvgIpc) is 2.98. The largest absolute Gasteiger partial charge is 0.501 e. The Labute approximate surface area is 225 Å². The van der Waals surface area contributed by atoms with E-state index in [9.17, 15) is 4.79 Å². The van der Waals surface area contributed by atoms with Crippen molar-refractivity contribution in [3.63, 3.8) is 0 Å². The van der Waals surface area contributed by atoms with Crippen LogP contribution in [0.25, 0.3) is 0 Å². The summed E-state index contributed by atoms with van der Waals surface area (Å²) in [4.78, 5) is 14.4. The molecule has 184 valence electrons. The highest BCUT2D eigenvalue weighted by molar-refractivity contribution is 9.10. The molecule has 0 saturated carbocycles. The molecular weight excluding hydrogens is 543 g/mol. The van der Waals surface area contributed by atoms with Crippen LogP contribution < -0.4 is 10.6 Å². The molecule has 0 atom stereocenters. The van der Waals surface area contributed by atoms with E-state index in [1.54, 1.807) is 0 Å². The van der Waals surface area contributed by atoms with Crippen LogP contribution in [-0.4, -0.2) is 17.8 Å². The van der Waals surface area contributed by atoms with Crippen molar-refractivity contribution in [2.45, 2.75) is 12.8 Å². The van der Waals surface area contributed by atoms with Gasteiger partial charge in [0.1, 0.15) is 5.42 Å². The minimum Gasteiger partial charge on any atom is -0.501 e. The van der Waals surface area contributed by atoms with Gasteiger partial charge in [-0.3, -0.25) is 4.79 Å². The minimum atomic E-state index is -2.72. The first-order valence-corrected chi connectivity index (χ1v) is 14.7. The molecule has 0 fully saturated rings. The SMILES string of the molecule is O=C(C(N=Nc1ccc(Br)cc1)=P(C1=COCCC1)(c1ccccc1)c1ccccc1)c1ccccc1. The van der Waals surface area contributed by atoms with Gasteiger partial charge in [0, 0.05) is 16.9 Å². The number of allylic oxidation sites excluding steroid dienone is 1. The zero-order valence-corrected chi connectivity index (χ0v) is 22.7. The van der Waals surface area contributed by atoms with E-state index in [-0.39, 0.29) is 5.78 Å². The number of hydrogen-bond donors (Lipinski definition) is 0. The number of benzene rings is 4. The minimum absolute atomic E-state index is 0.131. The predicted octanol–water partition coefficient (Wildman–Crippen LogP) is 7.87. The Hall–Kier alpha value is -3.53. The third-order valence-electron chi connectivity index (χ3n) is 6.28. The highest BCUT2D eigenvalue weighted by Crippen LogP contribution is 2.58. The molecule has 37 heavy (non-hydrogen) atoms. The second kappa shape index (κ2) is 11.7. The summed E-state index contributed by atoms with van der Waals surface area (Å²) in [5.74, 6) is -0.131. The Morgan fingerprint density at radius 2 is 1.32 bits per heavy atom. The topological polar surface area (TPSA) is 51.0 Å². The Balaban J connectivity index is 1.92. The molecule has 1 aliphatic heterocycles. The third-order valence-corrected chi connectivity index (χ3v) is 11.1. The maximum atomic E-state index is 14.4. The van der Waals surface area contributed by atoms with Crippen LogP contribution in [0.2, 0.25) is 0 Å².